The predicted molar refractivity (Wildman–Crippen MR) is 181 cm³/mol. The van der Waals surface area contributed by atoms with Crippen molar-refractivity contribution in [1.82, 2.24) is 36.1 Å². The number of nitrogens with zero attached hydrogens (tertiary/aromatic N) is 3. The van der Waals surface area contributed by atoms with E-state index in [1.54, 1.807) is 4.90 Å². The summed E-state index contributed by atoms with van der Waals surface area (Å²) in [4.78, 5) is 91.4. The molecule has 49 heavy (non-hydrogen) atoms. The fourth-order valence-electron chi connectivity index (χ4n) is 7.87. The van der Waals surface area contributed by atoms with Gasteiger partial charge in [-0.1, -0.05) is 59.8 Å². The van der Waals surface area contributed by atoms with Crippen LogP contribution in [-0.4, -0.2) is 86.9 Å². The van der Waals surface area contributed by atoms with E-state index in [0.29, 0.717) is 19.4 Å². The van der Waals surface area contributed by atoms with Crippen molar-refractivity contribution in [2.75, 3.05) is 6.54 Å². The van der Waals surface area contributed by atoms with Crippen LogP contribution in [0.1, 0.15) is 115 Å². The first-order chi connectivity index (χ1) is 23.4. The standard InChI is InChI=1S/C36H53N7O6/c1-5-10-25(29(44)34(48)39-23-15-16-23)40-33(47)28-24-14-9-13-22(24)20-43(28)35(49)30(36(2,3)4)42-32(46)27(21-11-7-6-8-12-21)41-31(45)26-19-37-17-18-38-26/h17-19,21-25,27-28,30H,5-16,20H2,1-4H3,(H,39,48)(H,40,47)(H,41,45)(H,42,46)/t22-,24-,25+,27+,28+,30+/m0/s1. The Kier molecular flexibility index (Phi) is 11.7. The first kappa shape index (κ1) is 36.4. The molecule has 4 N–H and O–H groups in total. The van der Waals surface area contributed by atoms with Crippen LogP contribution < -0.4 is 21.3 Å². The number of aromatic nitrogens is 2. The normalized spacial score (nSPS) is 24.2. The van der Waals surface area contributed by atoms with Crippen LogP contribution in [0, 0.1) is 23.2 Å². The molecule has 6 atom stereocenters. The minimum Gasteiger partial charge on any atom is -0.347 e. The van der Waals surface area contributed by atoms with Crippen LogP contribution >= 0.6 is 0 Å². The predicted octanol–water partition coefficient (Wildman–Crippen LogP) is 2.45. The number of fused-ring (bicyclic) bond motifs is 1. The van der Waals surface area contributed by atoms with E-state index in [1.807, 2.05) is 27.7 Å². The van der Waals surface area contributed by atoms with Crippen LogP contribution in [0.2, 0.25) is 0 Å². The summed E-state index contributed by atoms with van der Waals surface area (Å²) < 4.78 is 0. The van der Waals surface area contributed by atoms with Crippen molar-refractivity contribution in [3.05, 3.63) is 24.3 Å². The third-order valence-corrected chi connectivity index (χ3v) is 10.7. The Balaban J connectivity index is 1.36. The molecule has 4 aliphatic rings. The summed E-state index contributed by atoms with van der Waals surface area (Å²) in [5.74, 6) is -3.20. The lowest BCUT2D eigenvalue weighted by Gasteiger charge is -2.38. The number of likely N-dealkylation sites (tertiary alicyclic amines) is 1. The first-order valence-corrected chi connectivity index (χ1v) is 18.2. The minimum absolute atomic E-state index is 0.0132. The molecule has 13 nitrogen and oxygen atoms in total. The molecule has 4 fully saturated rings. The number of carbonyl (C=O) groups excluding carboxylic acids is 6. The van der Waals surface area contributed by atoms with Gasteiger partial charge in [-0.15, -0.1) is 0 Å². The maximum atomic E-state index is 14.6. The maximum absolute atomic E-state index is 14.6. The highest BCUT2D eigenvalue weighted by Gasteiger charge is 2.52. The molecule has 13 heteroatoms. The SMILES string of the molecule is CCC[C@@H](NC(=O)[C@H]1[C@H]2CCC[C@H]2CN1C(=O)[C@@H](NC(=O)[C@H](NC(=O)c1cnccn1)C1CCCCC1)C(C)(C)C)C(=O)C(=O)NC1CC1. The van der Waals surface area contributed by atoms with E-state index < -0.39 is 59.0 Å². The molecule has 3 saturated carbocycles. The molecule has 0 unspecified atom stereocenters. The van der Waals surface area contributed by atoms with Crippen LogP contribution in [0.4, 0.5) is 0 Å². The van der Waals surface area contributed by atoms with Crippen molar-refractivity contribution in [3.63, 3.8) is 0 Å². The summed E-state index contributed by atoms with van der Waals surface area (Å²) in [6.45, 7) is 7.85. The molecule has 2 heterocycles. The molecule has 1 saturated heterocycles. The van der Waals surface area contributed by atoms with Crippen molar-refractivity contribution in [1.29, 1.82) is 0 Å². The highest BCUT2D eigenvalue weighted by molar-refractivity contribution is 6.38. The second-order valence-electron chi connectivity index (χ2n) is 15.5. The van der Waals surface area contributed by atoms with Crippen LogP contribution in [-0.2, 0) is 24.0 Å². The highest BCUT2D eigenvalue weighted by Crippen LogP contribution is 2.43. The molecule has 3 aliphatic carbocycles. The number of ketones is 1. The van der Waals surface area contributed by atoms with E-state index >= 15 is 0 Å². The molecule has 1 aliphatic heterocycles. The number of Topliss-reactive ketones (excluding diaryl/α,β-unsaturated/α-hetero) is 1. The van der Waals surface area contributed by atoms with Gasteiger partial charge in [0.05, 0.1) is 12.2 Å². The molecular formula is C36H53N7O6. The smallest absolute Gasteiger partial charge is 0.289 e. The molecule has 0 spiro atoms. The fourth-order valence-corrected chi connectivity index (χ4v) is 7.87. The molecule has 268 valence electrons. The van der Waals surface area contributed by atoms with Gasteiger partial charge in [-0.25, -0.2) is 4.98 Å². The molecule has 1 aromatic heterocycles. The van der Waals surface area contributed by atoms with Crippen molar-refractivity contribution in [2.45, 2.75) is 135 Å². The zero-order valence-corrected chi connectivity index (χ0v) is 29.3. The number of hydrogen-bond acceptors (Lipinski definition) is 8. The largest absolute Gasteiger partial charge is 0.347 e. The number of rotatable bonds is 13. The summed E-state index contributed by atoms with van der Waals surface area (Å²) in [6.07, 6.45) is 13.9. The summed E-state index contributed by atoms with van der Waals surface area (Å²) in [5, 5.41) is 11.5. The lowest BCUT2D eigenvalue weighted by molar-refractivity contribution is -0.146. The molecule has 0 bridgehead atoms. The Labute approximate surface area is 288 Å². The van der Waals surface area contributed by atoms with E-state index in [-0.39, 0.29) is 35.4 Å². The van der Waals surface area contributed by atoms with Gasteiger partial charge in [-0.3, -0.25) is 33.8 Å². The van der Waals surface area contributed by atoms with Crippen molar-refractivity contribution in [2.24, 2.45) is 23.2 Å². The zero-order chi connectivity index (χ0) is 35.3. The Bertz CT molecular complexity index is 1390. The third-order valence-electron chi connectivity index (χ3n) is 10.7. The van der Waals surface area contributed by atoms with E-state index in [2.05, 4.69) is 31.2 Å². The average molecular weight is 680 g/mol. The lowest BCUT2D eigenvalue weighted by atomic mass is 9.82. The van der Waals surface area contributed by atoms with Crippen molar-refractivity contribution in [3.8, 4) is 0 Å². The molecule has 1 aromatic rings. The second-order valence-corrected chi connectivity index (χ2v) is 15.5. The molecule has 0 aromatic carbocycles. The number of amides is 5. The number of carbonyl (C=O) groups is 6. The van der Waals surface area contributed by atoms with Crippen LogP contribution in [0.15, 0.2) is 18.6 Å². The minimum atomic E-state index is -0.994. The Hall–Kier alpha value is -3.90. The first-order valence-electron chi connectivity index (χ1n) is 18.2. The van der Waals surface area contributed by atoms with Gasteiger partial charge in [-0.05, 0) is 68.1 Å². The number of nitrogens with one attached hydrogen (secondary N) is 4. The van der Waals surface area contributed by atoms with Gasteiger partial charge in [0.2, 0.25) is 23.5 Å². The quantitative estimate of drug-likeness (QED) is 0.230. The number of hydrogen-bond donors (Lipinski definition) is 4. The van der Waals surface area contributed by atoms with Crippen molar-refractivity contribution >= 4 is 35.3 Å². The Morgan fingerprint density at radius 1 is 0.898 bits per heavy atom. The average Bonchev–Trinajstić information content (AvgIpc) is 3.65. The van der Waals surface area contributed by atoms with Crippen LogP contribution in [0.5, 0.6) is 0 Å². The van der Waals surface area contributed by atoms with E-state index in [9.17, 15) is 28.8 Å². The summed E-state index contributed by atoms with van der Waals surface area (Å²) >= 11 is 0. The van der Waals surface area contributed by atoms with Gasteiger partial charge in [0.15, 0.2) is 0 Å². The van der Waals surface area contributed by atoms with Crippen LogP contribution in [0.25, 0.3) is 0 Å². The van der Waals surface area contributed by atoms with Crippen molar-refractivity contribution < 1.29 is 28.8 Å². The van der Waals surface area contributed by atoms with Gasteiger partial charge in [-0.2, -0.15) is 0 Å². The lowest BCUT2D eigenvalue weighted by Crippen LogP contribution is -2.62. The molecular weight excluding hydrogens is 626 g/mol. The highest BCUT2D eigenvalue weighted by atomic mass is 16.2. The Morgan fingerprint density at radius 3 is 2.27 bits per heavy atom. The van der Waals surface area contributed by atoms with E-state index in [4.69, 9.17) is 0 Å². The second kappa shape index (κ2) is 15.8. The van der Waals surface area contributed by atoms with Gasteiger partial charge in [0.1, 0.15) is 23.8 Å². The summed E-state index contributed by atoms with van der Waals surface area (Å²) in [7, 11) is 0. The van der Waals surface area contributed by atoms with Gasteiger partial charge in [0, 0.05) is 25.0 Å². The third kappa shape index (κ3) is 8.83. The fraction of sp³-hybridized carbons (Fsp3) is 0.722. The Morgan fingerprint density at radius 2 is 1.63 bits per heavy atom. The summed E-state index contributed by atoms with van der Waals surface area (Å²) in [6, 6.07) is -3.68. The molecule has 5 rings (SSSR count). The summed E-state index contributed by atoms with van der Waals surface area (Å²) in [5.41, 5.74) is -0.638. The molecule has 5 amide bonds. The van der Waals surface area contributed by atoms with Gasteiger partial charge < -0.3 is 26.2 Å². The van der Waals surface area contributed by atoms with E-state index in [0.717, 1.165) is 64.2 Å². The maximum Gasteiger partial charge on any atom is 0.289 e. The van der Waals surface area contributed by atoms with Gasteiger partial charge in [0.25, 0.3) is 11.8 Å². The molecule has 0 radical (unpaired) electrons. The van der Waals surface area contributed by atoms with E-state index in [1.165, 1.54) is 18.6 Å². The zero-order valence-electron chi connectivity index (χ0n) is 29.3. The van der Waals surface area contributed by atoms with Gasteiger partial charge >= 0.3 is 0 Å². The van der Waals surface area contributed by atoms with Crippen LogP contribution in [0.3, 0.4) is 0 Å². The topological polar surface area (TPSA) is 180 Å². The monoisotopic (exact) mass is 679 g/mol.